The lowest BCUT2D eigenvalue weighted by Crippen LogP contribution is -2.14. The summed E-state index contributed by atoms with van der Waals surface area (Å²) < 4.78 is 15.3. The molecule has 0 amide bonds. The summed E-state index contributed by atoms with van der Waals surface area (Å²) in [5.41, 5.74) is 1.14. The monoisotopic (exact) mass is 295 g/mol. The Hall–Kier alpha value is -1.73. The van der Waals surface area contributed by atoms with E-state index >= 15 is 0 Å². The number of thioether (sulfide) groups is 1. The molecule has 6 nitrogen and oxygen atoms in total. The number of benzene rings is 1. The average molecular weight is 295 g/mol. The zero-order valence-corrected chi connectivity index (χ0v) is 12.5. The summed E-state index contributed by atoms with van der Waals surface area (Å²) in [5.74, 6) is 2.09. The molecule has 0 fully saturated rings. The maximum Gasteiger partial charge on any atom is 0.213 e. The number of hydrogen-bond donors (Lipinski definition) is 1. The van der Waals surface area contributed by atoms with Gasteiger partial charge in [0.05, 0.1) is 20.8 Å². The van der Waals surface area contributed by atoms with Crippen molar-refractivity contribution in [3.63, 3.8) is 0 Å². The summed E-state index contributed by atoms with van der Waals surface area (Å²) in [6.45, 7) is 1.24. The number of nitrogens with zero attached hydrogens (tertiary/aromatic N) is 2. The minimum atomic E-state index is 0.554. The van der Waals surface area contributed by atoms with Crippen molar-refractivity contribution < 1.29 is 14.0 Å². The first-order chi connectivity index (χ1) is 9.78. The highest BCUT2D eigenvalue weighted by molar-refractivity contribution is 7.98. The molecular formula is C13H17N3O3S. The first-order valence-corrected chi connectivity index (χ1v) is 7.25. The van der Waals surface area contributed by atoms with Gasteiger partial charge < -0.3 is 19.3 Å². The van der Waals surface area contributed by atoms with Gasteiger partial charge in [-0.1, -0.05) is 5.16 Å². The van der Waals surface area contributed by atoms with Crippen LogP contribution in [-0.4, -0.2) is 30.6 Å². The van der Waals surface area contributed by atoms with Gasteiger partial charge in [0.25, 0.3) is 0 Å². The molecule has 2 aromatic rings. The molecule has 2 rings (SSSR count). The second-order valence-electron chi connectivity index (χ2n) is 3.97. The van der Waals surface area contributed by atoms with Crippen LogP contribution >= 0.6 is 11.8 Å². The van der Waals surface area contributed by atoms with Crippen LogP contribution in [0.25, 0.3) is 0 Å². The average Bonchev–Trinajstić information content (AvgIpc) is 2.99. The van der Waals surface area contributed by atoms with Crippen LogP contribution in [0.1, 0.15) is 11.4 Å². The first kappa shape index (κ1) is 14.7. The predicted molar refractivity (Wildman–Crippen MR) is 76.2 cm³/mol. The van der Waals surface area contributed by atoms with Gasteiger partial charge in [0, 0.05) is 11.4 Å². The van der Waals surface area contributed by atoms with Gasteiger partial charge in [-0.2, -0.15) is 4.98 Å². The van der Waals surface area contributed by atoms with E-state index in [9.17, 15) is 0 Å². The van der Waals surface area contributed by atoms with Crippen molar-refractivity contribution in [2.45, 2.75) is 18.0 Å². The third kappa shape index (κ3) is 3.43. The molecule has 20 heavy (non-hydrogen) atoms. The van der Waals surface area contributed by atoms with E-state index in [0.717, 1.165) is 22.0 Å². The highest BCUT2D eigenvalue weighted by Gasteiger charge is 2.10. The van der Waals surface area contributed by atoms with Gasteiger partial charge >= 0.3 is 0 Å². The normalized spacial score (nSPS) is 10.6. The molecule has 0 bridgehead atoms. The predicted octanol–water partition coefficient (Wildman–Crippen LogP) is 2.10. The van der Waals surface area contributed by atoms with Gasteiger partial charge in [-0.05, 0) is 24.0 Å². The fraction of sp³-hybridized carbons (Fsp3) is 0.385. The van der Waals surface area contributed by atoms with Crippen LogP contribution in [0.2, 0.25) is 0 Å². The smallest absolute Gasteiger partial charge is 0.213 e. The van der Waals surface area contributed by atoms with Gasteiger partial charge in [0.15, 0.2) is 17.3 Å². The third-order valence-corrected chi connectivity index (χ3v) is 3.61. The number of nitrogens with one attached hydrogen (secondary N) is 1. The van der Waals surface area contributed by atoms with E-state index in [1.807, 2.05) is 18.4 Å². The molecule has 0 aliphatic rings. The Labute approximate surface area is 121 Å². The van der Waals surface area contributed by atoms with Gasteiger partial charge in [0.1, 0.15) is 0 Å². The lowest BCUT2D eigenvalue weighted by atomic mass is 10.2. The van der Waals surface area contributed by atoms with Crippen molar-refractivity contribution in [2.24, 2.45) is 0 Å². The number of hydrogen-bond acceptors (Lipinski definition) is 7. The van der Waals surface area contributed by atoms with Gasteiger partial charge in [-0.15, -0.1) is 11.8 Å². The summed E-state index contributed by atoms with van der Waals surface area (Å²) in [5, 5.41) is 7.03. The molecule has 1 N–H and O–H groups in total. The molecule has 0 unspecified atom stereocenters. The molecule has 1 aromatic heterocycles. The van der Waals surface area contributed by atoms with Crippen LogP contribution in [0.15, 0.2) is 27.9 Å². The molecule has 108 valence electrons. The fourth-order valence-electron chi connectivity index (χ4n) is 1.81. The number of rotatable bonds is 7. The molecule has 0 saturated carbocycles. The van der Waals surface area contributed by atoms with Crippen LogP contribution in [-0.2, 0) is 13.1 Å². The van der Waals surface area contributed by atoms with E-state index in [-0.39, 0.29) is 0 Å². The minimum Gasteiger partial charge on any atom is -0.493 e. The Morgan fingerprint density at radius 1 is 1.20 bits per heavy atom. The van der Waals surface area contributed by atoms with Gasteiger partial charge in [-0.3, -0.25) is 0 Å². The van der Waals surface area contributed by atoms with Gasteiger partial charge in [0.2, 0.25) is 6.39 Å². The first-order valence-electron chi connectivity index (χ1n) is 6.03. The zero-order valence-electron chi connectivity index (χ0n) is 11.7. The highest BCUT2D eigenvalue weighted by atomic mass is 32.2. The molecule has 1 heterocycles. The standard InChI is InChI=1S/C13H17N3O3S/c1-17-10-4-9(12(20-3)5-11(10)18-2)6-14-7-13-15-8-19-16-13/h4-5,8,14H,6-7H2,1-3H3. The van der Waals surface area contributed by atoms with E-state index in [1.165, 1.54) is 6.39 Å². The lowest BCUT2D eigenvalue weighted by molar-refractivity contribution is 0.353. The summed E-state index contributed by atoms with van der Waals surface area (Å²) >= 11 is 1.67. The number of ether oxygens (including phenoxy) is 2. The zero-order chi connectivity index (χ0) is 14.4. The molecule has 0 aliphatic heterocycles. The maximum atomic E-state index is 5.33. The van der Waals surface area contributed by atoms with E-state index in [1.54, 1.807) is 26.0 Å². The summed E-state index contributed by atoms with van der Waals surface area (Å²) in [4.78, 5) is 5.10. The lowest BCUT2D eigenvalue weighted by Gasteiger charge is -2.13. The van der Waals surface area contributed by atoms with E-state index in [2.05, 4.69) is 20.0 Å². The van der Waals surface area contributed by atoms with Crippen LogP contribution in [0.3, 0.4) is 0 Å². The van der Waals surface area contributed by atoms with Gasteiger partial charge in [-0.25, -0.2) is 0 Å². The molecule has 0 saturated heterocycles. The van der Waals surface area contributed by atoms with Crippen molar-refractivity contribution in [2.75, 3.05) is 20.5 Å². The molecule has 1 aromatic carbocycles. The maximum absolute atomic E-state index is 5.33. The third-order valence-electron chi connectivity index (χ3n) is 2.79. The van der Waals surface area contributed by atoms with E-state index in [0.29, 0.717) is 18.9 Å². The second-order valence-corrected chi connectivity index (χ2v) is 4.82. The Morgan fingerprint density at radius 2 is 1.95 bits per heavy atom. The fourth-order valence-corrected chi connectivity index (χ4v) is 2.43. The minimum absolute atomic E-state index is 0.554. The Bertz CT molecular complexity index is 546. The Kier molecular flexibility index (Phi) is 5.25. The molecule has 7 heteroatoms. The van der Waals surface area contributed by atoms with Crippen molar-refractivity contribution in [1.82, 2.24) is 15.5 Å². The molecule has 0 spiro atoms. The van der Waals surface area contributed by atoms with E-state index < -0.39 is 0 Å². The summed E-state index contributed by atoms with van der Waals surface area (Å²) in [6, 6.07) is 3.96. The molecule has 0 aliphatic carbocycles. The summed E-state index contributed by atoms with van der Waals surface area (Å²) in [7, 11) is 3.27. The van der Waals surface area contributed by atoms with Crippen molar-refractivity contribution in [3.8, 4) is 11.5 Å². The van der Waals surface area contributed by atoms with Crippen LogP contribution in [0.4, 0.5) is 0 Å². The largest absolute Gasteiger partial charge is 0.493 e. The topological polar surface area (TPSA) is 69.4 Å². The number of methoxy groups -OCH3 is 2. The van der Waals surface area contributed by atoms with Crippen LogP contribution in [0.5, 0.6) is 11.5 Å². The number of aromatic nitrogens is 2. The van der Waals surface area contributed by atoms with Crippen LogP contribution in [0, 0.1) is 0 Å². The Balaban J connectivity index is 2.09. The van der Waals surface area contributed by atoms with Crippen molar-refractivity contribution in [3.05, 3.63) is 29.9 Å². The second kappa shape index (κ2) is 7.16. The molecular weight excluding hydrogens is 278 g/mol. The van der Waals surface area contributed by atoms with Crippen molar-refractivity contribution in [1.29, 1.82) is 0 Å². The Morgan fingerprint density at radius 3 is 2.55 bits per heavy atom. The highest BCUT2D eigenvalue weighted by Crippen LogP contribution is 2.34. The SMILES string of the molecule is COc1cc(CNCc2ncon2)c(SC)cc1OC. The van der Waals surface area contributed by atoms with Crippen molar-refractivity contribution >= 4 is 11.8 Å². The van der Waals surface area contributed by atoms with Crippen LogP contribution < -0.4 is 14.8 Å². The molecule has 0 radical (unpaired) electrons. The summed E-state index contributed by atoms with van der Waals surface area (Å²) in [6.07, 6.45) is 3.35. The quantitative estimate of drug-likeness (QED) is 0.784. The van der Waals surface area contributed by atoms with E-state index in [4.69, 9.17) is 9.47 Å². The molecule has 0 atom stereocenters.